The monoisotopic (exact) mass is 459 g/mol. The fourth-order valence-corrected chi connectivity index (χ4v) is 5.17. The maximum Gasteiger partial charge on any atom is 0.573 e. The van der Waals surface area contributed by atoms with Gasteiger partial charge in [-0.15, -0.1) is 13.2 Å². The Hall–Kier alpha value is -3.07. The maximum absolute atomic E-state index is 13.0. The van der Waals surface area contributed by atoms with E-state index in [9.17, 15) is 22.8 Å². The Balaban J connectivity index is 1.34. The van der Waals surface area contributed by atoms with Crippen molar-refractivity contribution in [2.45, 2.75) is 38.7 Å². The van der Waals surface area contributed by atoms with Crippen molar-refractivity contribution in [2.24, 2.45) is 0 Å². The molecule has 2 fully saturated rings. The third-order valence-electron chi connectivity index (χ3n) is 6.72. The standard InChI is InChI=1S/C24H24F3N3O3/c1-15-11-19(29-10-9-28-8-2-3-18(28)14-29)12-17-13-30(23(32)21(15)17)22(31)16-4-6-20(7-5-16)33-24(25,26)27/h4-7,11-12,18H,2-3,8-10,13-14H2,1H3. The van der Waals surface area contributed by atoms with Crippen LogP contribution >= 0.6 is 0 Å². The summed E-state index contributed by atoms with van der Waals surface area (Å²) in [5, 5.41) is 0. The molecule has 0 radical (unpaired) electrons. The summed E-state index contributed by atoms with van der Waals surface area (Å²) in [6, 6.07) is 9.19. The first kappa shape index (κ1) is 21.8. The van der Waals surface area contributed by atoms with Crippen molar-refractivity contribution < 1.29 is 27.5 Å². The molecule has 0 aliphatic carbocycles. The molecule has 1 unspecified atom stereocenters. The molecule has 5 rings (SSSR count). The summed E-state index contributed by atoms with van der Waals surface area (Å²) in [4.78, 5) is 32.0. The van der Waals surface area contributed by atoms with Crippen molar-refractivity contribution in [3.8, 4) is 5.75 Å². The number of hydrogen-bond acceptors (Lipinski definition) is 5. The molecule has 2 saturated heterocycles. The number of alkyl halides is 3. The molecule has 0 saturated carbocycles. The van der Waals surface area contributed by atoms with Crippen LogP contribution in [0.1, 0.15) is 44.7 Å². The van der Waals surface area contributed by atoms with E-state index in [1.54, 1.807) is 0 Å². The van der Waals surface area contributed by atoms with Crippen molar-refractivity contribution in [3.63, 3.8) is 0 Å². The molecule has 174 valence electrons. The lowest BCUT2D eigenvalue weighted by Gasteiger charge is -2.39. The Morgan fingerprint density at radius 2 is 1.85 bits per heavy atom. The van der Waals surface area contributed by atoms with Gasteiger partial charge in [-0.1, -0.05) is 0 Å². The van der Waals surface area contributed by atoms with Gasteiger partial charge in [0.25, 0.3) is 11.8 Å². The van der Waals surface area contributed by atoms with E-state index < -0.39 is 18.0 Å². The van der Waals surface area contributed by atoms with Crippen LogP contribution in [-0.2, 0) is 6.54 Å². The van der Waals surface area contributed by atoms with Gasteiger partial charge in [-0.2, -0.15) is 0 Å². The minimum Gasteiger partial charge on any atom is -0.406 e. The number of benzene rings is 2. The second-order valence-electron chi connectivity index (χ2n) is 8.84. The molecule has 3 heterocycles. The Bertz CT molecular complexity index is 1100. The zero-order chi connectivity index (χ0) is 23.3. The number of piperazine rings is 1. The fraction of sp³-hybridized carbons (Fsp3) is 0.417. The van der Waals surface area contributed by atoms with Crippen molar-refractivity contribution >= 4 is 17.5 Å². The molecule has 3 aliphatic heterocycles. The van der Waals surface area contributed by atoms with Crippen LogP contribution in [0.4, 0.5) is 18.9 Å². The highest BCUT2D eigenvalue weighted by atomic mass is 19.4. The number of aryl methyl sites for hydroxylation is 1. The summed E-state index contributed by atoms with van der Waals surface area (Å²) in [6.07, 6.45) is -2.37. The van der Waals surface area contributed by atoms with Crippen molar-refractivity contribution in [2.75, 3.05) is 31.1 Å². The number of nitrogens with zero attached hydrogens (tertiary/aromatic N) is 3. The maximum atomic E-state index is 13.0. The number of anilines is 1. The minimum atomic E-state index is -4.81. The molecule has 0 N–H and O–H groups in total. The Morgan fingerprint density at radius 3 is 2.58 bits per heavy atom. The number of imide groups is 1. The molecular formula is C24H24F3N3O3. The van der Waals surface area contributed by atoms with Crippen molar-refractivity contribution in [1.82, 2.24) is 9.80 Å². The summed E-state index contributed by atoms with van der Waals surface area (Å²) in [6.45, 7) is 6.10. The normalized spacial score (nSPS) is 20.7. The van der Waals surface area contributed by atoms with Crippen LogP contribution in [0, 0.1) is 6.92 Å². The third kappa shape index (κ3) is 4.17. The molecule has 0 aromatic heterocycles. The van der Waals surface area contributed by atoms with Crippen molar-refractivity contribution in [1.29, 1.82) is 0 Å². The van der Waals surface area contributed by atoms with Gasteiger partial charge in [0.2, 0.25) is 0 Å². The second kappa shape index (κ2) is 8.06. The van der Waals surface area contributed by atoms with Crippen LogP contribution in [0.5, 0.6) is 5.75 Å². The number of carbonyl (C=O) groups is 2. The van der Waals surface area contributed by atoms with Gasteiger partial charge in [0, 0.05) is 42.5 Å². The quantitative estimate of drug-likeness (QED) is 0.651. The molecule has 1 atom stereocenters. The number of ether oxygens (including phenoxy) is 1. The molecule has 6 nitrogen and oxygen atoms in total. The number of fused-ring (bicyclic) bond motifs is 2. The Kier molecular flexibility index (Phi) is 5.31. The van der Waals surface area contributed by atoms with Gasteiger partial charge in [0.1, 0.15) is 5.75 Å². The average molecular weight is 459 g/mol. The van der Waals surface area contributed by atoms with Crippen LogP contribution in [0.25, 0.3) is 0 Å². The minimum absolute atomic E-state index is 0.126. The number of rotatable bonds is 3. The Morgan fingerprint density at radius 1 is 1.09 bits per heavy atom. The number of halogens is 3. The first-order chi connectivity index (χ1) is 15.7. The molecule has 2 aromatic rings. The predicted octanol–water partition coefficient (Wildman–Crippen LogP) is 3.97. The van der Waals surface area contributed by atoms with Gasteiger partial charge in [-0.3, -0.25) is 19.4 Å². The average Bonchev–Trinajstić information content (AvgIpc) is 3.36. The molecule has 33 heavy (non-hydrogen) atoms. The zero-order valence-electron chi connectivity index (χ0n) is 18.2. The topological polar surface area (TPSA) is 53.1 Å². The first-order valence-corrected chi connectivity index (χ1v) is 11.0. The van der Waals surface area contributed by atoms with Crippen LogP contribution in [0.15, 0.2) is 36.4 Å². The van der Waals surface area contributed by atoms with E-state index in [-0.39, 0.29) is 18.0 Å². The lowest BCUT2D eigenvalue weighted by molar-refractivity contribution is -0.274. The molecule has 0 bridgehead atoms. The lowest BCUT2D eigenvalue weighted by Crippen LogP contribution is -2.50. The van der Waals surface area contributed by atoms with E-state index in [0.717, 1.165) is 60.0 Å². The molecule has 9 heteroatoms. The summed E-state index contributed by atoms with van der Waals surface area (Å²) in [5.74, 6) is -1.34. The fourth-order valence-electron chi connectivity index (χ4n) is 5.17. The van der Waals surface area contributed by atoms with E-state index in [0.29, 0.717) is 11.6 Å². The highest BCUT2D eigenvalue weighted by Gasteiger charge is 2.36. The predicted molar refractivity (Wildman–Crippen MR) is 115 cm³/mol. The zero-order valence-corrected chi connectivity index (χ0v) is 18.2. The molecule has 3 aliphatic rings. The number of amides is 2. The van der Waals surface area contributed by atoms with E-state index >= 15 is 0 Å². The van der Waals surface area contributed by atoms with Crippen LogP contribution in [-0.4, -0.2) is 60.2 Å². The number of carbonyl (C=O) groups excluding carboxylic acids is 2. The summed E-state index contributed by atoms with van der Waals surface area (Å²) >= 11 is 0. The summed E-state index contributed by atoms with van der Waals surface area (Å²) in [5.41, 5.74) is 3.35. The van der Waals surface area contributed by atoms with Crippen LogP contribution in [0.3, 0.4) is 0 Å². The molecule has 0 spiro atoms. The summed E-state index contributed by atoms with van der Waals surface area (Å²) < 4.78 is 41.0. The molecule has 2 amide bonds. The van der Waals surface area contributed by atoms with Gasteiger partial charge in [0.05, 0.1) is 6.54 Å². The molecular weight excluding hydrogens is 435 g/mol. The van der Waals surface area contributed by atoms with Crippen molar-refractivity contribution in [3.05, 3.63) is 58.7 Å². The van der Waals surface area contributed by atoms with Gasteiger partial charge < -0.3 is 9.64 Å². The smallest absolute Gasteiger partial charge is 0.406 e. The highest BCUT2D eigenvalue weighted by molar-refractivity contribution is 6.13. The molecule has 2 aromatic carbocycles. The van der Waals surface area contributed by atoms with E-state index in [4.69, 9.17) is 0 Å². The SMILES string of the molecule is Cc1cc(N2CCN3CCCC3C2)cc2c1C(=O)N(C(=O)c1ccc(OC(F)(F)F)cc1)C2. The largest absolute Gasteiger partial charge is 0.573 e. The summed E-state index contributed by atoms with van der Waals surface area (Å²) in [7, 11) is 0. The van der Waals surface area contributed by atoms with Crippen LogP contribution < -0.4 is 9.64 Å². The van der Waals surface area contributed by atoms with E-state index in [2.05, 4.69) is 14.5 Å². The van der Waals surface area contributed by atoms with Gasteiger partial charge in [-0.05, 0) is 73.8 Å². The van der Waals surface area contributed by atoms with Gasteiger partial charge >= 0.3 is 6.36 Å². The second-order valence-corrected chi connectivity index (χ2v) is 8.84. The van der Waals surface area contributed by atoms with Crippen LogP contribution in [0.2, 0.25) is 0 Å². The van der Waals surface area contributed by atoms with E-state index in [1.807, 2.05) is 19.1 Å². The van der Waals surface area contributed by atoms with Gasteiger partial charge in [-0.25, -0.2) is 0 Å². The Labute approximate surface area is 189 Å². The number of hydrogen-bond donors (Lipinski definition) is 0. The third-order valence-corrected chi connectivity index (χ3v) is 6.72. The van der Waals surface area contributed by atoms with Gasteiger partial charge in [0.15, 0.2) is 0 Å². The highest BCUT2D eigenvalue weighted by Crippen LogP contribution is 2.34. The van der Waals surface area contributed by atoms with E-state index in [1.165, 1.54) is 25.0 Å². The first-order valence-electron chi connectivity index (χ1n) is 11.0. The lowest BCUT2D eigenvalue weighted by atomic mass is 10.0.